The highest BCUT2D eigenvalue weighted by Crippen LogP contribution is 2.45. The van der Waals surface area contributed by atoms with Gasteiger partial charge in [-0.3, -0.25) is 4.57 Å². The Hall–Kier alpha value is -6.98. The van der Waals surface area contributed by atoms with Crippen molar-refractivity contribution in [1.82, 2.24) is 9.13 Å². The van der Waals surface area contributed by atoms with Gasteiger partial charge in [0.1, 0.15) is 11.2 Å². The van der Waals surface area contributed by atoms with E-state index in [0.29, 0.717) is 5.96 Å². The number of rotatable bonds is 2. The van der Waals surface area contributed by atoms with Crippen LogP contribution in [0.3, 0.4) is 0 Å². The highest BCUT2D eigenvalue weighted by molar-refractivity contribution is 6.33. The number of nitrogens with zero attached hydrogens (tertiary/aromatic N) is 4. The van der Waals surface area contributed by atoms with Gasteiger partial charge in [0, 0.05) is 38.5 Å². The van der Waals surface area contributed by atoms with Gasteiger partial charge in [-0.1, -0.05) is 121 Å². The third-order valence-electron chi connectivity index (χ3n) is 11.2. The Morgan fingerprint density at radius 1 is 0.528 bits per heavy atom. The summed E-state index contributed by atoms with van der Waals surface area (Å²) in [6.45, 7) is 0. The molecule has 4 heterocycles. The van der Waals surface area contributed by atoms with E-state index < -0.39 is 0 Å². The molecule has 0 amide bonds. The van der Waals surface area contributed by atoms with Gasteiger partial charge in [-0.2, -0.15) is 0 Å². The first-order valence-electron chi connectivity index (χ1n) is 18.2. The summed E-state index contributed by atoms with van der Waals surface area (Å²) in [4.78, 5) is 10.9. The number of aromatic nitrogens is 2. The van der Waals surface area contributed by atoms with Crippen molar-refractivity contribution < 1.29 is 4.42 Å². The third kappa shape index (κ3) is 4.02. The maximum atomic E-state index is 6.84. The van der Waals surface area contributed by atoms with E-state index in [9.17, 15) is 0 Å². The molecule has 1 aliphatic heterocycles. The van der Waals surface area contributed by atoms with Gasteiger partial charge in [-0.25, -0.2) is 9.98 Å². The van der Waals surface area contributed by atoms with E-state index in [4.69, 9.17) is 14.4 Å². The molecule has 12 rings (SSSR count). The van der Waals surface area contributed by atoms with Crippen LogP contribution in [0.15, 0.2) is 184 Å². The number of aliphatic imine (C=N–C) groups is 2. The van der Waals surface area contributed by atoms with E-state index in [1.54, 1.807) is 0 Å². The van der Waals surface area contributed by atoms with Crippen LogP contribution in [0.5, 0.6) is 0 Å². The molecule has 0 bridgehead atoms. The quantitative estimate of drug-likeness (QED) is 0.179. The van der Waals surface area contributed by atoms with Crippen LogP contribution >= 0.6 is 0 Å². The second-order valence-corrected chi connectivity index (χ2v) is 14.1. The van der Waals surface area contributed by atoms with Crippen LogP contribution in [0.1, 0.15) is 5.56 Å². The van der Waals surface area contributed by atoms with E-state index in [1.165, 1.54) is 21.5 Å². The van der Waals surface area contributed by atoms with Gasteiger partial charge in [0.05, 0.1) is 39.2 Å². The molecule has 2 unspecified atom stereocenters. The van der Waals surface area contributed by atoms with Crippen molar-refractivity contribution in [2.75, 3.05) is 0 Å². The molecule has 3 aromatic heterocycles. The third-order valence-corrected chi connectivity index (χ3v) is 11.2. The Labute approximate surface area is 303 Å². The zero-order chi connectivity index (χ0) is 34.6. The molecular formula is C48H30N4O. The van der Waals surface area contributed by atoms with Gasteiger partial charge in [0.25, 0.3) is 0 Å². The standard InChI is InChI=1S/C48H30N4O/c1-2-14-32(15-3-1)51-39-20-10-7-16-33(39)35-24-26-40-43(46(35)51)44-41(27-25-36-34-17-8-11-21-42(34)53-47(36)44)52(40)48-49-38-19-9-6-18-37(38)45(50-48)31-23-22-29-12-4-5-13-30(29)28-31/h1-28,37-38H. The summed E-state index contributed by atoms with van der Waals surface area (Å²) in [5.41, 5.74) is 9.33. The average molecular weight is 679 g/mol. The number of allylic oxidation sites excluding steroid dienone is 2. The van der Waals surface area contributed by atoms with Gasteiger partial charge in [0.2, 0.25) is 5.96 Å². The highest BCUT2D eigenvalue weighted by Gasteiger charge is 2.32. The van der Waals surface area contributed by atoms with Crippen LogP contribution in [0.4, 0.5) is 0 Å². The van der Waals surface area contributed by atoms with Gasteiger partial charge in [-0.05, 0) is 64.9 Å². The van der Waals surface area contributed by atoms with Crippen molar-refractivity contribution in [2.24, 2.45) is 15.9 Å². The van der Waals surface area contributed by atoms with Crippen LogP contribution < -0.4 is 0 Å². The van der Waals surface area contributed by atoms with Gasteiger partial charge >= 0.3 is 0 Å². The topological polar surface area (TPSA) is 47.7 Å². The molecule has 5 heteroatoms. The molecule has 7 aromatic carbocycles. The smallest absolute Gasteiger partial charge is 0.230 e. The molecule has 0 N–H and O–H groups in total. The Morgan fingerprint density at radius 2 is 1.26 bits per heavy atom. The monoisotopic (exact) mass is 678 g/mol. The largest absolute Gasteiger partial charge is 0.455 e. The van der Waals surface area contributed by atoms with Crippen molar-refractivity contribution >= 4 is 88.0 Å². The fourth-order valence-electron chi connectivity index (χ4n) is 8.91. The molecule has 0 saturated carbocycles. The van der Waals surface area contributed by atoms with Crippen molar-refractivity contribution in [2.45, 2.75) is 6.04 Å². The lowest BCUT2D eigenvalue weighted by atomic mass is 9.86. The van der Waals surface area contributed by atoms with Gasteiger partial charge < -0.3 is 8.98 Å². The molecule has 53 heavy (non-hydrogen) atoms. The molecule has 2 atom stereocenters. The first kappa shape index (κ1) is 28.7. The lowest BCUT2D eigenvalue weighted by Gasteiger charge is -2.28. The summed E-state index contributed by atoms with van der Waals surface area (Å²) < 4.78 is 11.5. The SMILES string of the molecule is C1=CC2N=C(n3c4ccc5c6ccccc6oc5c4c4c3ccc3c5ccccc5n(-c5ccccc5)c34)N=C(c3ccc4ccccc4c3)C2C=C1. The van der Waals surface area contributed by atoms with E-state index in [0.717, 1.165) is 71.7 Å². The molecular weight excluding hydrogens is 649 g/mol. The zero-order valence-corrected chi connectivity index (χ0v) is 28.5. The number of hydrogen-bond acceptors (Lipinski definition) is 3. The molecule has 248 valence electrons. The van der Waals surface area contributed by atoms with E-state index in [1.807, 2.05) is 6.07 Å². The Kier molecular flexibility index (Phi) is 5.83. The fourth-order valence-corrected chi connectivity index (χ4v) is 8.91. The fraction of sp³-hybridized carbons (Fsp3) is 0.0417. The van der Waals surface area contributed by atoms with Crippen LogP contribution in [0, 0.1) is 5.92 Å². The number of benzene rings is 7. The summed E-state index contributed by atoms with van der Waals surface area (Å²) in [6, 6.07) is 51.8. The summed E-state index contributed by atoms with van der Waals surface area (Å²) in [6.07, 6.45) is 8.68. The average Bonchev–Trinajstić information content (AvgIpc) is 3.88. The molecule has 0 fully saturated rings. The van der Waals surface area contributed by atoms with Crippen LogP contribution in [-0.2, 0) is 0 Å². The lowest BCUT2D eigenvalue weighted by molar-refractivity contribution is 0.673. The summed E-state index contributed by atoms with van der Waals surface area (Å²) in [5, 5.41) is 9.19. The molecule has 1 aliphatic carbocycles. The maximum absolute atomic E-state index is 6.84. The number of furan rings is 1. The Bertz CT molecular complexity index is 3300. The van der Waals surface area contributed by atoms with Crippen molar-refractivity contribution in [3.63, 3.8) is 0 Å². The molecule has 10 aromatic rings. The molecule has 0 radical (unpaired) electrons. The molecule has 0 saturated heterocycles. The second kappa shape index (κ2) is 10.8. The van der Waals surface area contributed by atoms with E-state index in [-0.39, 0.29) is 12.0 Å². The minimum atomic E-state index is -0.0871. The van der Waals surface area contributed by atoms with Gasteiger partial charge in [-0.15, -0.1) is 0 Å². The second-order valence-electron chi connectivity index (χ2n) is 14.1. The summed E-state index contributed by atoms with van der Waals surface area (Å²) in [5.74, 6) is 0.707. The minimum Gasteiger partial charge on any atom is -0.455 e. The zero-order valence-electron chi connectivity index (χ0n) is 28.5. The van der Waals surface area contributed by atoms with Crippen molar-refractivity contribution in [3.8, 4) is 5.69 Å². The van der Waals surface area contributed by atoms with Crippen LogP contribution in [0.25, 0.3) is 82.0 Å². The van der Waals surface area contributed by atoms with Crippen molar-refractivity contribution in [1.29, 1.82) is 0 Å². The number of fused-ring (bicyclic) bond motifs is 13. The Balaban J connectivity index is 1.24. The van der Waals surface area contributed by atoms with E-state index >= 15 is 0 Å². The van der Waals surface area contributed by atoms with E-state index in [2.05, 4.69) is 173 Å². The highest BCUT2D eigenvalue weighted by atomic mass is 16.3. The lowest BCUT2D eigenvalue weighted by Crippen LogP contribution is -2.33. The molecule has 5 nitrogen and oxygen atoms in total. The molecule has 2 aliphatic rings. The summed E-state index contributed by atoms with van der Waals surface area (Å²) >= 11 is 0. The maximum Gasteiger partial charge on any atom is 0.230 e. The Morgan fingerprint density at radius 3 is 2.17 bits per heavy atom. The van der Waals surface area contributed by atoms with Gasteiger partial charge in [0.15, 0.2) is 0 Å². The predicted octanol–water partition coefficient (Wildman–Crippen LogP) is 11.8. The summed E-state index contributed by atoms with van der Waals surface area (Å²) in [7, 11) is 0. The predicted molar refractivity (Wildman–Crippen MR) is 220 cm³/mol. The normalized spacial score (nSPS) is 17.1. The first-order chi connectivity index (χ1) is 26.3. The van der Waals surface area contributed by atoms with Crippen molar-refractivity contribution in [3.05, 3.63) is 175 Å². The number of para-hydroxylation sites is 3. The minimum absolute atomic E-state index is 0.0346. The first-order valence-corrected chi connectivity index (χ1v) is 18.2. The molecule has 0 spiro atoms. The van der Waals surface area contributed by atoms with Crippen LogP contribution in [0.2, 0.25) is 0 Å². The number of hydrogen-bond donors (Lipinski definition) is 0. The van der Waals surface area contributed by atoms with Crippen LogP contribution in [-0.4, -0.2) is 26.8 Å².